The van der Waals surface area contributed by atoms with E-state index in [0.717, 1.165) is 5.56 Å². The maximum Gasteiger partial charge on any atom is 0.240 e. The van der Waals surface area contributed by atoms with Gasteiger partial charge < -0.3 is 15.0 Å². The van der Waals surface area contributed by atoms with E-state index in [1.165, 1.54) is 11.8 Å². The van der Waals surface area contributed by atoms with Gasteiger partial charge in [-0.05, 0) is 24.6 Å². The summed E-state index contributed by atoms with van der Waals surface area (Å²) < 4.78 is 1.74. The van der Waals surface area contributed by atoms with Gasteiger partial charge in [0.05, 0.1) is 18.5 Å². The Balaban J connectivity index is 2.10. The normalized spacial score (nSPS) is 10.7. The lowest BCUT2D eigenvalue weighted by Gasteiger charge is -2.10. The number of halogens is 1. The van der Waals surface area contributed by atoms with E-state index in [1.54, 1.807) is 10.8 Å². The van der Waals surface area contributed by atoms with Crippen LogP contribution in [0.1, 0.15) is 18.2 Å². The van der Waals surface area contributed by atoms with Gasteiger partial charge in [0, 0.05) is 17.3 Å². The van der Waals surface area contributed by atoms with Crippen LogP contribution >= 0.6 is 23.4 Å². The van der Waals surface area contributed by atoms with Crippen LogP contribution in [0.2, 0.25) is 5.02 Å². The molecule has 0 bridgehead atoms. The van der Waals surface area contributed by atoms with Crippen molar-refractivity contribution in [1.29, 1.82) is 0 Å². The zero-order valence-electron chi connectivity index (χ0n) is 12.3. The van der Waals surface area contributed by atoms with Crippen LogP contribution in [0.5, 0.6) is 0 Å². The number of aliphatic hydroxyl groups is 1. The van der Waals surface area contributed by atoms with Crippen LogP contribution in [0.15, 0.2) is 35.6 Å². The van der Waals surface area contributed by atoms with Crippen LogP contribution in [0.4, 0.5) is 0 Å². The van der Waals surface area contributed by atoms with Crippen LogP contribution in [0.3, 0.4) is 0 Å². The SMILES string of the molecule is CCNC(=O)Cn1c(CO)cnc1SCc1cccc(Cl)c1. The van der Waals surface area contributed by atoms with Crippen molar-refractivity contribution in [1.82, 2.24) is 14.9 Å². The van der Waals surface area contributed by atoms with E-state index in [-0.39, 0.29) is 19.1 Å². The van der Waals surface area contributed by atoms with E-state index in [2.05, 4.69) is 10.3 Å². The Kier molecular flexibility index (Phi) is 6.30. The number of hydrogen-bond donors (Lipinski definition) is 2. The van der Waals surface area contributed by atoms with Crippen LogP contribution in [-0.2, 0) is 23.7 Å². The standard InChI is InChI=1S/C15H18ClN3O2S/c1-2-17-14(21)8-19-13(9-20)7-18-15(19)22-10-11-4-3-5-12(16)6-11/h3-7,20H,2,8-10H2,1H3,(H,17,21). The molecule has 7 heteroatoms. The molecule has 2 rings (SSSR count). The van der Waals surface area contributed by atoms with Crippen molar-refractivity contribution in [3.05, 3.63) is 46.7 Å². The molecule has 0 fully saturated rings. The fraction of sp³-hybridized carbons (Fsp3) is 0.333. The Bertz CT molecular complexity index is 645. The minimum absolute atomic E-state index is 0.0974. The highest BCUT2D eigenvalue weighted by molar-refractivity contribution is 7.98. The van der Waals surface area contributed by atoms with Crippen molar-refractivity contribution in [2.75, 3.05) is 6.54 Å². The second-order valence-corrected chi connectivity index (χ2v) is 6.03. The van der Waals surface area contributed by atoms with Gasteiger partial charge in [-0.2, -0.15) is 0 Å². The van der Waals surface area contributed by atoms with E-state index in [9.17, 15) is 9.90 Å². The molecule has 2 N–H and O–H groups in total. The van der Waals surface area contributed by atoms with Gasteiger partial charge in [0.2, 0.25) is 5.91 Å². The Morgan fingerprint density at radius 3 is 3.00 bits per heavy atom. The molecule has 0 atom stereocenters. The minimum atomic E-state index is -0.149. The van der Waals surface area contributed by atoms with Crippen LogP contribution < -0.4 is 5.32 Å². The molecule has 0 saturated heterocycles. The zero-order valence-corrected chi connectivity index (χ0v) is 13.8. The molecule has 1 amide bonds. The number of likely N-dealkylation sites (N-methyl/N-ethyl adjacent to an activating group) is 1. The van der Waals surface area contributed by atoms with E-state index in [0.29, 0.717) is 28.2 Å². The highest BCUT2D eigenvalue weighted by Gasteiger charge is 2.13. The molecule has 2 aromatic rings. The summed E-state index contributed by atoms with van der Waals surface area (Å²) in [6.45, 7) is 2.45. The number of thioether (sulfide) groups is 1. The first-order valence-electron chi connectivity index (χ1n) is 6.93. The summed E-state index contributed by atoms with van der Waals surface area (Å²) in [5.41, 5.74) is 1.70. The molecule has 118 valence electrons. The molecular formula is C15H18ClN3O2S. The van der Waals surface area contributed by atoms with Crippen molar-refractivity contribution in [3.8, 4) is 0 Å². The number of amides is 1. The molecule has 0 saturated carbocycles. The maximum absolute atomic E-state index is 11.8. The third-order valence-electron chi connectivity index (χ3n) is 3.00. The average Bonchev–Trinajstić information content (AvgIpc) is 2.87. The number of rotatable bonds is 7. The van der Waals surface area contributed by atoms with E-state index in [4.69, 9.17) is 11.6 Å². The molecule has 0 spiro atoms. The predicted octanol–water partition coefficient (Wildman–Crippen LogP) is 2.46. The highest BCUT2D eigenvalue weighted by Crippen LogP contribution is 2.24. The van der Waals surface area contributed by atoms with Gasteiger partial charge in [0.1, 0.15) is 6.54 Å². The van der Waals surface area contributed by atoms with Crippen molar-refractivity contribution in [2.24, 2.45) is 0 Å². The van der Waals surface area contributed by atoms with Gasteiger partial charge in [-0.25, -0.2) is 4.98 Å². The third kappa shape index (κ3) is 4.50. The van der Waals surface area contributed by atoms with Gasteiger partial charge >= 0.3 is 0 Å². The van der Waals surface area contributed by atoms with Gasteiger partial charge in [-0.3, -0.25) is 4.79 Å². The van der Waals surface area contributed by atoms with E-state index < -0.39 is 0 Å². The lowest BCUT2D eigenvalue weighted by atomic mass is 10.2. The number of hydrogen-bond acceptors (Lipinski definition) is 4. The van der Waals surface area contributed by atoms with Crippen LogP contribution in [-0.4, -0.2) is 27.1 Å². The molecule has 0 unspecified atom stereocenters. The van der Waals surface area contributed by atoms with Crippen molar-refractivity contribution >= 4 is 29.3 Å². The number of aliphatic hydroxyl groups excluding tert-OH is 1. The quantitative estimate of drug-likeness (QED) is 0.760. The van der Waals surface area contributed by atoms with Gasteiger partial charge in [0.25, 0.3) is 0 Å². The number of aromatic nitrogens is 2. The Morgan fingerprint density at radius 1 is 1.50 bits per heavy atom. The summed E-state index contributed by atoms with van der Waals surface area (Å²) in [4.78, 5) is 16.1. The second-order valence-electron chi connectivity index (χ2n) is 4.65. The fourth-order valence-electron chi connectivity index (χ4n) is 1.97. The molecule has 0 aliphatic heterocycles. The van der Waals surface area contributed by atoms with Crippen molar-refractivity contribution < 1.29 is 9.90 Å². The van der Waals surface area contributed by atoms with Crippen molar-refractivity contribution in [2.45, 2.75) is 31.0 Å². The smallest absolute Gasteiger partial charge is 0.240 e. The molecule has 0 aliphatic carbocycles. The molecule has 5 nitrogen and oxygen atoms in total. The number of nitrogens with one attached hydrogen (secondary N) is 1. The fourth-order valence-corrected chi connectivity index (χ4v) is 3.13. The first kappa shape index (κ1) is 16.9. The monoisotopic (exact) mass is 339 g/mol. The Morgan fingerprint density at radius 2 is 2.32 bits per heavy atom. The summed E-state index contributed by atoms with van der Waals surface area (Å²) in [5, 5.41) is 13.5. The molecule has 22 heavy (non-hydrogen) atoms. The van der Waals surface area contributed by atoms with Gasteiger partial charge in [-0.15, -0.1) is 0 Å². The number of nitrogens with zero attached hydrogens (tertiary/aromatic N) is 2. The summed E-state index contributed by atoms with van der Waals surface area (Å²) in [6, 6.07) is 7.62. The van der Waals surface area contributed by atoms with Crippen LogP contribution in [0.25, 0.3) is 0 Å². The topological polar surface area (TPSA) is 67.2 Å². The molecule has 1 heterocycles. The molecule has 0 aliphatic rings. The second kappa shape index (κ2) is 8.22. The lowest BCUT2D eigenvalue weighted by molar-refractivity contribution is -0.121. The average molecular weight is 340 g/mol. The minimum Gasteiger partial charge on any atom is -0.390 e. The third-order valence-corrected chi connectivity index (χ3v) is 4.29. The number of carbonyl (C=O) groups excluding carboxylic acids is 1. The molecular weight excluding hydrogens is 322 g/mol. The molecule has 0 radical (unpaired) electrons. The van der Waals surface area contributed by atoms with E-state index >= 15 is 0 Å². The maximum atomic E-state index is 11.8. The summed E-state index contributed by atoms with van der Waals surface area (Å²) in [6.07, 6.45) is 1.60. The van der Waals surface area contributed by atoms with E-state index in [1.807, 2.05) is 31.2 Å². The lowest BCUT2D eigenvalue weighted by Crippen LogP contribution is -2.28. The van der Waals surface area contributed by atoms with Gasteiger partial charge in [-0.1, -0.05) is 35.5 Å². The first-order chi connectivity index (χ1) is 10.6. The van der Waals surface area contributed by atoms with Crippen molar-refractivity contribution in [3.63, 3.8) is 0 Å². The summed E-state index contributed by atoms with van der Waals surface area (Å²) in [5.74, 6) is 0.595. The number of benzene rings is 1. The van der Waals surface area contributed by atoms with Crippen LogP contribution in [0, 0.1) is 0 Å². The zero-order chi connectivity index (χ0) is 15.9. The summed E-state index contributed by atoms with van der Waals surface area (Å²) >= 11 is 7.48. The number of carbonyl (C=O) groups is 1. The molecule has 1 aromatic heterocycles. The predicted molar refractivity (Wildman–Crippen MR) is 87.8 cm³/mol. The Hall–Kier alpha value is -1.50. The summed E-state index contributed by atoms with van der Waals surface area (Å²) in [7, 11) is 0. The first-order valence-corrected chi connectivity index (χ1v) is 8.29. The molecule has 1 aromatic carbocycles. The van der Waals surface area contributed by atoms with Gasteiger partial charge in [0.15, 0.2) is 5.16 Å². The largest absolute Gasteiger partial charge is 0.390 e. The highest BCUT2D eigenvalue weighted by atomic mass is 35.5. The Labute approximate surface area is 138 Å². The number of imidazole rings is 1.